The number of rotatable bonds is 2. The van der Waals surface area contributed by atoms with Crippen LogP contribution in [0.15, 0.2) is 0 Å². The minimum Gasteiger partial charge on any atom is -0.444 e. The van der Waals surface area contributed by atoms with E-state index >= 15 is 0 Å². The second-order valence-electron chi connectivity index (χ2n) is 8.35. The number of carbonyl (C=O) groups excluding carboxylic acids is 2. The molecule has 5 atom stereocenters. The molecule has 2 bridgehead atoms. The predicted molar refractivity (Wildman–Crippen MR) is 93.9 cm³/mol. The van der Waals surface area contributed by atoms with Gasteiger partial charge in [-0.2, -0.15) is 13.2 Å². The molecule has 1 saturated carbocycles. The van der Waals surface area contributed by atoms with Gasteiger partial charge in [-0.25, -0.2) is 4.79 Å². The Hall–Kier alpha value is -1.55. The molecular weight excluding hydrogens is 393 g/mol. The van der Waals surface area contributed by atoms with Crippen molar-refractivity contribution in [3.8, 4) is 0 Å². The fraction of sp³-hybridized carbons (Fsp3) is 0.895. The van der Waals surface area contributed by atoms with Gasteiger partial charge in [-0.3, -0.25) is 4.79 Å². The summed E-state index contributed by atoms with van der Waals surface area (Å²) in [6, 6.07) is -1.24. The van der Waals surface area contributed by atoms with Gasteiger partial charge in [-0.1, -0.05) is 25.7 Å². The molecule has 0 aromatic heterocycles. The molecule has 4 rings (SSSR count). The van der Waals surface area contributed by atoms with Crippen LogP contribution in [-0.4, -0.2) is 78.3 Å². The Balaban J connectivity index is 1.27. The van der Waals surface area contributed by atoms with Gasteiger partial charge in [-0.15, -0.1) is 0 Å². The molecule has 3 heterocycles. The molecule has 2 amide bonds. The summed E-state index contributed by atoms with van der Waals surface area (Å²) in [5, 5.41) is 0. The summed E-state index contributed by atoms with van der Waals surface area (Å²) < 4.78 is 55.5. The van der Waals surface area contributed by atoms with Gasteiger partial charge < -0.3 is 24.0 Å². The largest absolute Gasteiger partial charge is 0.471 e. The van der Waals surface area contributed by atoms with E-state index in [-0.39, 0.29) is 31.9 Å². The molecule has 0 radical (unpaired) electrons. The Morgan fingerprint density at radius 3 is 1.97 bits per heavy atom. The highest BCUT2D eigenvalue weighted by molar-refractivity contribution is 5.83. The van der Waals surface area contributed by atoms with E-state index in [2.05, 4.69) is 0 Å². The molecule has 29 heavy (non-hydrogen) atoms. The van der Waals surface area contributed by atoms with Gasteiger partial charge in [0.05, 0.1) is 24.3 Å². The quantitative estimate of drug-likeness (QED) is 0.687. The molecule has 7 nitrogen and oxygen atoms in total. The molecule has 164 valence electrons. The number of hydrogen-bond donors (Lipinski definition) is 0. The summed E-state index contributed by atoms with van der Waals surface area (Å²) in [6.45, 7) is 0.0619. The van der Waals surface area contributed by atoms with Crippen molar-refractivity contribution in [1.29, 1.82) is 0 Å². The van der Waals surface area contributed by atoms with Crippen molar-refractivity contribution in [2.45, 2.75) is 88.1 Å². The van der Waals surface area contributed by atoms with Gasteiger partial charge in [0.1, 0.15) is 6.61 Å². The molecule has 3 unspecified atom stereocenters. The highest BCUT2D eigenvalue weighted by Crippen LogP contribution is 2.34. The van der Waals surface area contributed by atoms with Gasteiger partial charge in [0, 0.05) is 13.1 Å². The van der Waals surface area contributed by atoms with Gasteiger partial charge in [0.2, 0.25) is 0 Å². The van der Waals surface area contributed by atoms with E-state index in [1.54, 1.807) is 0 Å². The van der Waals surface area contributed by atoms with Crippen molar-refractivity contribution in [2.75, 3.05) is 19.7 Å². The van der Waals surface area contributed by atoms with Crippen LogP contribution in [0.4, 0.5) is 18.0 Å². The van der Waals surface area contributed by atoms with Crippen LogP contribution in [-0.2, 0) is 19.0 Å². The van der Waals surface area contributed by atoms with E-state index < -0.39 is 36.6 Å². The van der Waals surface area contributed by atoms with Crippen LogP contribution < -0.4 is 0 Å². The Labute approximate surface area is 167 Å². The summed E-state index contributed by atoms with van der Waals surface area (Å²) >= 11 is 0. The summed E-state index contributed by atoms with van der Waals surface area (Å²) in [6.07, 6.45) is 1.34. The van der Waals surface area contributed by atoms with Crippen molar-refractivity contribution in [1.82, 2.24) is 9.80 Å². The van der Waals surface area contributed by atoms with E-state index in [0.29, 0.717) is 12.8 Å². The highest BCUT2D eigenvalue weighted by atomic mass is 19.4. The zero-order valence-corrected chi connectivity index (χ0v) is 16.2. The Morgan fingerprint density at radius 2 is 1.45 bits per heavy atom. The average molecular weight is 420 g/mol. The molecule has 0 N–H and O–H groups in total. The van der Waals surface area contributed by atoms with Gasteiger partial charge in [0.15, 0.2) is 6.29 Å². The van der Waals surface area contributed by atoms with Gasteiger partial charge in [0.25, 0.3) is 0 Å². The first-order valence-electron chi connectivity index (χ1n) is 10.4. The smallest absolute Gasteiger partial charge is 0.444 e. The van der Waals surface area contributed by atoms with Crippen molar-refractivity contribution in [3.05, 3.63) is 0 Å². The number of fused-ring (bicyclic) bond motifs is 3. The standard InChI is InChI=1S/C19H27F3N2O5/c20-19(21,22)17(25)24-12-7-8-13(24)10-23(9-12)18(26)27-11-16-28-14-5-3-1-2-4-6-15(14)29-16/h12-16H,1-11H2/t12?,13?,14-,15+,16?. The van der Waals surface area contributed by atoms with Crippen LogP contribution in [0.25, 0.3) is 0 Å². The molecule has 0 aromatic carbocycles. The van der Waals surface area contributed by atoms with Gasteiger partial charge >= 0.3 is 18.2 Å². The molecule has 1 aliphatic carbocycles. The molecule has 3 saturated heterocycles. The summed E-state index contributed by atoms with van der Waals surface area (Å²) in [7, 11) is 0. The van der Waals surface area contributed by atoms with Crippen LogP contribution in [0.3, 0.4) is 0 Å². The Bertz CT molecular complexity index is 601. The monoisotopic (exact) mass is 420 g/mol. The maximum absolute atomic E-state index is 12.8. The lowest BCUT2D eigenvalue weighted by atomic mass is 9.96. The van der Waals surface area contributed by atoms with E-state index in [1.165, 1.54) is 17.7 Å². The van der Waals surface area contributed by atoms with Crippen molar-refractivity contribution < 1.29 is 37.0 Å². The lowest BCUT2D eigenvalue weighted by Gasteiger charge is -2.40. The third kappa shape index (κ3) is 4.47. The normalized spacial score (nSPS) is 35.1. The lowest BCUT2D eigenvalue weighted by Crippen LogP contribution is -2.59. The Morgan fingerprint density at radius 1 is 0.897 bits per heavy atom. The van der Waals surface area contributed by atoms with Crippen LogP contribution >= 0.6 is 0 Å². The number of halogens is 3. The molecule has 0 aromatic rings. The summed E-state index contributed by atoms with van der Waals surface area (Å²) in [4.78, 5) is 26.4. The molecular formula is C19H27F3N2O5. The number of carbonyl (C=O) groups is 2. The third-order valence-corrected chi connectivity index (χ3v) is 6.36. The molecule has 4 aliphatic rings. The van der Waals surface area contributed by atoms with Crippen LogP contribution in [0.5, 0.6) is 0 Å². The van der Waals surface area contributed by atoms with Crippen molar-refractivity contribution >= 4 is 12.0 Å². The predicted octanol–water partition coefficient (Wildman–Crippen LogP) is 2.82. The van der Waals surface area contributed by atoms with E-state index in [4.69, 9.17) is 14.2 Å². The summed E-state index contributed by atoms with van der Waals surface area (Å²) in [5.41, 5.74) is 0. The number of amides is 2. The topological polar surface area (TPSA) is 68.3 Å². The molecule has 0 spiro atoms. The second-order valence-corrected chi connectivity index (χ2v) is 8.35. The minimum absolute atomic E-state index is 0.0340. The number of likely N-dealkylation sites (tertiary alicyclic amines) is 1. The zero-order valence-electron chi connectivity index (χ0n) is 16.2. The molecule has 3 aliphatic heterocycles. The SMILES string of the molecule is O=C(OCC1O[C@H]2CCCCCC[C@H]2O1)N1CC2CCC(C1)N2C(=O)C(F)(F)F. The fourth-order valence-corrected chi connectivity index (χ4v) is 4.99. The maximum Gasteiger partial charge on any atom is 0.471 e. The van der Waals surface area contributed by atoms with E-state index in [9.17, 15) is 22.8 Å². The number of ether oxygens (including phenoxy) is 3. The first-order chi connectivity index (χ1) is 13.8. The van der Waals surface area contributed by atoms with E-state index in [0.717, 1.165) is 30.6 Å². The minimum atomic E-state index is -4.89. The second kappa shape index (κ2) is 8.29. The number of nitrogens with zero attached hydrogens (tertiary/aromatic N) is 2. The van der Waals surface area contributed by atoms with E-state index in [1.807, 2.05) is 0 Å². The first-order valence-corrected chi connectivity index (χ1v) is 10.4. The number of hydrogen-bond acceptors (Lipinski definition) is 5. The first kappa shape index (κ1) is 20.7. The molecule has 4 fully saturated rings. The Kier molecular flexibility index (Phi) is 5.92. The fourth-order valence-electron chi connectivity index (χ4n) is 4.99. The lowest BCUT2D eigenvalue weighted by molar-refractivity contribution is -0.190. The average Bonchev–Trinajstić information content (AvgIpc) is 3.14. The highest BCUT2D eigenvalue weighted by Gasteiger charge is 2.52. The van der Waals surface area contributed by atoms with Crippen molar-refractivity contribution in [3.63, 3.8) is 0 Å². The van der Waals surface area contributed by atoms with Crippen LogP contribution in [0.1, 0.15) is 51.4 Å². The van der Waals surface area contributed by atoms with Crippen molar-refractivity contribution in [2.24, 2.45) is 0 Å². The number of piperazine rings is 1. The van der Waals surface area contributed by atoms with Gasteiger partial charge in [-0.05, 0) is 25.7 Å². The van der Waals surface area contributed by atoms with Crippen LogP contribution in [0.2, 0.25) is 0 Å². The number of alkyl halides is 3. The molecule has 10 heteroatoms. The third-order valence-electron chi connectivity index (χ3n) is 6.36. The zero-order chi connectivity index (χ0) is 20.6. The summed E-state index contributed by atoms with van der Waals surface area (Å²) in [5.74, 6) is -1.82. The van der Waals surface area contributed by atoms with Crippen LogP contribution in [0, 0.1) is 0 Å². The maximum atomic E-state index is 12.8.